The molecule has 1 aliphatic rings. The minimum absolute atomic E-state index is 0.00481. The molecule has 0 unspecified atom stereocenters. The summed E-state index contributed by atoms with van der Waals surface area (Å²) < 4.78 is 0. The summed E-state index contributed by atoms with van der Waals surface area (Å²) in [7, 11) is 0. The average molecular weight is 323 g/mol. The number of hydrogen-bond acceptors (Lipinski definition) is 4. The van der Waals surface area contributed by atoms with Crippen LogP contribution in [0.25, 0.3) is 5.57 Å². The number of nitriles is 1. The lowest BCUT2D eigenvalue weighted by Crippen LogP contribution is -2.16. The van der Waals surface area contributed by atoms with Crippen LogP contribution in [0.2, 0.25) is 0 Å². The molecule has 4 nitrogen and oxygen atoms in total. The van der Waals surface area contributed by atoms with Crippen LogP contribution in [0.4, 0.5) is 0 Å². The Hall–Kier alpha value is -2.55. The first kappa shape index (κ1) is 16.8. The molecule has 0 atom stereocenters. The zero-order valence-electron chi connectivity index (χ0n) is 12.7. The van der Waals surface area contributed by atoms with Crippen LogP contribution in [0.15, 0.2) is 63.9 Å². The van der Waals surface area contributed by atoms with E-state index in [1.807, 2.05) is 61.5 Å². The van der Waals surface area contributed by atoms with Crippen molar-refractivity contribution in [1.82, 2.24) is 0 Å². The van der Waals surface area contributed by atoms with E-state index in [-0.39, 0.29) is 5.57 Å². The summed E-state index contributed by atoms with van der Waals surface area (Å²) in [6, 6.07) is 17.4. The first-order valence-corrected chi connectivity index (χ1v) is 7.96. The highest BCUT2D eigenvalue weighted by atomic mass is 32.2. The second kappa shape index (κ2) is 7.63. The van der Waals surface area contributed by atoms with Gasteiger partial charge in [-0.15, -0.1) is 0 Å². The maximum atomic E-state index is 11.6. The van der Waals surface area contributed by atoms with Gasteiger partial charge in [0.05, 0.1) is 0 Å². The van der Waals surface area contributed by atoms with Crippen molar-refractivity contribution in [3.05, 3.63) is 65.2 Å². The van der Waals surface area contributed by atoms with E-state index in [9.17, 15) is 10.1 Å². The van der Waals surface area contributed by atoms with Crippen molar-refractivity contribution in [2.24, 2.45) is 11.5 Å². The van der Waals surface area contributed by atoms with Crippen LogP contribution in [0.3, 0.4) is 0 Å². The molecule has 0 aromatic heterocycles. The van der Waals surface area contributed by atoms with E-state index in [0.29, 0.717) is 5.57 Å². The van der Waals surface area contributed by atoms with Crippen molar-refractivity contribution in [3.63, 3.8) is 0 Å². The van der Waals surface area contributed by atoms with Crippen LogP contribution < -0.4 is 11.5 Å². The Kier molecular flexibility index (Phi) is 5.58. The quantitative estimate of drug-likeness (QED) is 0.532. The van der Waals surface area contributed by atoms with Crippen molar-refractivity contribution in [1.29, 1.82) is 5.26 Å². The van der Waals surface area contributed by atoms with E-state index >= 15 is 0 Å². The van der Waals surface area contributed by atoms with Gasteiger partial charge in [0.2, 0.25) is 0 Å². The third kappa shape index (κ3) is 3.45. The molecule has 0 fully saturated rings. The Balaban J connectivity index is 0.000000595. The first-order chi connectivity index (χ1) is 11.1. The molecule has 3 rings (SSSR count). The smallest absolute Gasteiger partial charge is 0.260 e. The molecule has 116 valence electrons. The monoisotopic (exact) mass is 323 g/mol. The fraction of sp³-hybridized carbons (Fsp3) is 0.111. The third-order valence-corrected chi connectivity index (χ3v) is 4.29. The highest BCUT2D eigenvalue weighted by molar-refractivity contribution is 7.99. The highest BCUT2D eigenvalue weighted by Crippen LogP contribution is 2.46. The minimum atomic E-state index is -0.695. The van der Waals surface area contributed by atoms with Gasteiger partial charge in [-0.2, -0.15) is 5.26 Å². The third-order valence-electron chi connectivity index (χ3n) is 3.14. The number of nitrogens with two attached hydrogens (primary N) is 2. The topological polar surface area (TPSA) is 92.9 Å². The van der Waals surface area contributed by atoms with Crippen LogP contribution in [-0.4, -0.2) is 12.5 Å². The van der Waals surface area contributed by atoms with E-state index in [4.69, 9.17) is 11.5 Å². The predicted octanol–water partition coefficient (Wildman–Crippen LogP) is 2.93. The molecule has 5 heteroatoms. The van der Waals surface area contributed by atoms with E-state index in [0.717, 1.165) is 27.5 Å². The van der Waals surface area contributed by atoms with Crippen molar-refractivity contribution in [2.45, 2.75) is 16.7 Å². The lowest BCUT2D eigenvalue weighted by Gasteiger charge is -2.22. The molecular formula is C18H17N3OS. The second-order valence-corrected chi connectivity index (χ2v) is 5.81. The first-order valence-electron chi connectivity index (χ1n) is 7.14. The highest BCUT2D eigenvalue weighted by Gasteiger charge is 2.25. The van der Waals surface area contributed by atoms with Crippen LogP contribution in [0.1, 0.15) is 18.1 Å². The number of nitrogens with zero attached hydrogens (tertiary/aromatic N) is 1. The summed E-state index contributed by atoms with van der Waals surface area (Å²) in [5.74, 6) is -0.695. The van der Waals surface area contributed by atoms with E-state index in [1.165, 1.54) is 0 Å². The molecule has 1 amide bonds. The zero-order chi connectivity index (χ0) is 16.8. The number of amides is 1. The van der Waals surface area contributed by atoms with Gasteiger partial charge in [-0.05, 0) is 29.8 Å². The average Bonchev–Trinajstić information content (AvgIpc) is 2.55. The Labute approximate surface area is 139 Å². The maximum absolute atomic E-state index is 11.6. The molecule has 0 saturated carbocycles. The van der Waals surface area contributed by atoms with Crippen LogP contribution in [0, 0.1) is 11.3 Å². The van der Waals surface area contributed by atoms with Crippen molar-refractivity contribution >= 4 is 23.2 Å². The number of rotatable bonds is 1. The molecule has 23 heavy (non-hydrogen) atoms. The molecule has 0 aliphatic carbocycles. The Morgan fingerprint density at radius 3 is 1.91 bits per heavy atom. The molecule has 1 heterocycles. The summed E-state index contributed by atoms with van der Waals surface area (Å²) in [4.78, 5) is 13.6. The number of fused-ring (bicyclic) bond motifs is 2. The standard InChI is InChI=1S/C16H10N2OS.C2H7N/c17-9-12(16(18)19)15-10-5-1-3-7-13(10)20-14-8-4-2-6-11(14)15;1-2-3/h1-8H,(H2,18,19);2-3H2,1H3. The number of carbonyl (C=O) groups is 1. The summed E-state index contributed by atoms with van der Waals surface area (Å²) in [5.41, 5.74) is 12.6. The Morgan fingerprint density at radius 1 is 1.09 bits per heavy atom. The molecule has 2 aromatic rings. The van der Waals surface area contributed by atoms with E-state index in [1.54, 1.807) is 11.8 Å². The van der Waals surface area contributed by atoms with Gasteiger partial charge in [0, 0.05) is 15.4 Å². The fourth-order valence-corrected chi connectivity index (χ4v) is 3.38. The Bertz CT molecular complexity index is 758. The summed E-state index contributed by atoms with van der Waals surface area (Å²) in [6.07, 6.45) is 0. The fourth-order valence-electron chi connectivity index (χ4n) is 2.29. The van der Waals surface area contributed by atoms with Gasteiger partial charge in [-0.25, -0.2) is 0 Å². The van der Waals surface area contributed by atoms with Crippen molar-refractivity contribution < 1.29 is 4.79 Å². The lowest BCUT2D eigenvalue weighted by atomic mass is 9.92. The maximum Gasteiger partial charge on any atom is 0.260 e. The molecule has 4 N–H and O–H groups in total. The Morgan fingerprint density at radius 2 is 1.52 bits per heavy atom. The largest absolute Gasteiger partial charge is 0.365 e. The molecule has 2 aromatic carbocycles. The van der Waals surface area contributed by atoms with Gasteiger partial charge in [0.15, 0.2) is 0 Å². The van der Waals surface area contributed by atoms with Crippen LogP contribution >= 0.6 is 11.8 Å². The SMILES string of the molecule is CCN.N#CC(C(N)=O)=C1c2ccccc2Sc2ccccc21. The lowest BCUT2D eigenvalue weighted by molar-refractivity contribution is -0.114. The normalized spacial score (nSPS) is 11.3. The number of hydrogen-bond donors (Lipinski definition) is 2. The number of carbonyl (C=O) groups excluding carboxylic acids is 1. The van der Waals surface area contributed by atoms with E-state index < -0.39 is 5.91 Å². The van der Waals surface area contributed by atoms with Gasteiger partial charge in [0.25, 0.3) is 5.91 Å². The van der Waals surface area contributed by atoms with Gasteiger partial charge < -0.3 is 11.5 Å². The summed E-state index contributed by atoms with van der Waals surface area (Å²) in [5, 5.41) is 9.28. The summed E-state index contributed by atoms with van der Waals surface area (Å²) >= 11 is 1.63. The molecule has 0 spiro atoms. The second-order valence-electron chi connectivity index (χ2n) is 4.73. The van der Waals surface area contributed by atoms with Gasteiger partial charge in [0.1, 0.15) is 11.6 Å². The predicted molar refractivity (Wildman–Crippen MR) is 92.6 cm³/mol. The number of benzene rings is 2. The van der Waals surface area contributed by atoms with Gasteiger partial charge in [-0.1, -0.05) is 55.1 Å². The van der Waals surface area contributed by atoms with E-state index in [2.05, 4.69) is 0 Å². The molecular weight excluding hydrogens is 306 g/mol. The summed E-state index contributed by atoms with van der Waals surface area (Å²) in [6.45, 7) is 2.65. The molecule has 0 bridgehead atoms. The van der Waals surface area contributed by atoms with Gasteiger partial charge >= 0.3 is 0 Å². The minimum Gasteiger partial charge on any atom is -0.365 e. The van der Waals surface area contributed by atoms with Gasteiger partial charge in [-0.3, -0.25) is 4.79 Å². The molecule has 1 aliphatic heterocycles. The molecule has 0 saturated heterocycles. The van der Waals surface area contributed by atoms with Crippen molar-refractivity contribution in [2.75, 3.05) is 6.54 Å². The molecule has 0 radical (unpaired) electrons. The number of primary amides is 1. The van der Waals surface area contributed by atoms with Crippen LogP contribution in [0.5, 0.6) is 0 Å². The van der Waals surface area contributed by atoms with Crippen LogP contribution in [-0.2, 0) is 4.79 Å². The zero-order valence-corrected chi connectivity index (χ0v) is 13.6. The van der Waals surface area contributed by atoms with Crippen molar-refractivity contribution in [3.8, 4) is 6.07 Å².